The Hall–Kier alpha value is -0.753. The summed E-state index contributed by atoms with van der Waals surface area (Å²) in [5.74, 6) is 0. The van der Waals surface area contributed by atoms with Gasteiger partial charge >= 0.3 is 286 Å². The molecule has 242 valence electrons. The van der Waals surface area contributed by atoms with Crippen LogP contribution in [0.25, 0.3) is 11.1 Å². The zero-order valence-corrected chi connectivity index (χ0v) is 37.2. The van der Waals surface area contributed by atoms with Crippen LogP contribution in [0.15, 0.2) is 99.4 Å². The first-order valence-electron chi connectivity index (χ1n) is 16.2. The van der Waals surface area contributed by atoms with Gasteiger partial charge in [0.2, 0.25) is 0 Å². The maximum Gasteiger partial charge on any atom is -1.00 e. The summed E-state index contributed by atoms with van der Waals surface area (Å²) in [5.41, 5.74) is 15.1. The molecule has 2 aromatic rings. The van der Waals surface area contributed by atoms with Gasteiger partial charge in [0.1, 0.15) is 0 Å². The van der Waals surface area contributed by atoms with E-state index in [0.717, 1.165) is 0 Å². The molecule has 0 fully saturated rings. The fourth-order valence-corrected chi connectivity index (χ4v) is 35.6. The number of thioether (sulfide) groups is 2. The van der Waals surface area contributed by atoms with Crippen molar-refractivity contribution in [2.75, 3.05) is 0 Å². The molecule has 0 spiro atoms. The van der Waals surface area contributed by atoms with Gasteiger partial charge < -0.3 is 24.8 Å². The molecule has 2 aliphatic carbocycles. The maximum absolute atomic E-state index is 2.64. The molecule has 0 N–H and O–H groups in total. The zero-order chi connectivity index (χ0) is 31.9. The van der Waals surface area contributed by atoms with E-state index in [1.165, 1.54) is 32.1 Å². The van der Waals surface area contributed by atoms with Crippen molar-refractivity contribution in [3.8, 4) is 0 Å². The minimum Gasteiger partial charge on any atom is -1.00 e. The van der Waals surface area contributed by atoms with E-state index in [-0.39, 0.29) is 35.6 Å². The average Bonchev–Trinajstić information content (AvgIpc) is 3.61. The first-order valence-corrected chi connectivity index (χ1v) is 29.4. The second-order valence-corrected chi connectivity index (χ2v) is 41.2. The molecule has 0 radical (unpaired) electrons. The van der Waals surface area contributed by atoms with E-state index >= 15 is 0 Å². The normalized spacial score (nSPS) is 20.7. The number of benzene rings is 2. The van der Waals surface area contributed by atoms with Crippen molar-refractivity contribution in [3.63, 3.8) is 0 Å². The van der Waals surface area contributed by atoms with Crippen LogP contribution in [0.2, 0.25) is 13.1 Å². The third-order valence-electron chi connectivity index (χ3n) is 9.56. The van der Waals surface area contributed by atoms with Crippen LogP contribution in [-0.4, -0.2) is 16.0 Å². The number of halogens is 2. The molecule has 2 aliphatic heterocycles. The minimum absolute atomic E-state index is 0. The monoisotopic (exact) mass is 870 g/mol. The zero-order valence-electron chi connectivity index (χ0n) is 29.5. The number of hydrogen-bond donors (Lipinski definition) is 0. The van der Waals surface area contributed by atoms with Crippen LogP contribution >= 0.6 is 23.5 Å². The predicted octanol–water partition coefficient (Wildman–Crippen LogP) is 5.98. The molecule has 0 nitrogen and oxygen atoms in total. The Kier molecular flexibility index (Phi) is 11.5. The van der Waals surface area contributed by atoms with E-state index in [1.54, 1.807) is 33.4 Å². The fourth-order valence-electron chi connectivity index (χ4n) is 7.28. The van der Waals surface area contributed by atoms with Gasteiger partial charge in [0.15, 0.2) is 0 Å². The van der Waals surface area contributed by atoms with Gasteiger partial charge in [0.25, 0.3) is 0 Å². The largest absolute Gasteiger partial charge is 1.00 e. The summed E-state index contributed by atoms with van der Waals surface area (Å²) in [5, 5.41) is 0.976. The number of hydrogen-bond acceptors (Lipinski definition) is 2. The van der Waals surface area contributed by atoms with Crippen molar-refractivity contribution in [3.05, 3.63) is 122 Å². The molecule has 6 heteroatoms. The Morgan fingerprint density at radius 1 is 0.587 bits per heavy atom. The fraction of sp³-hybridized carbons (Fsp3) is 0.400. The van der Waals surface area contributed by atoms with E-state index in [1.807, 2.05) is 6.66 Å². The second kappa shape index (κ2) is 13.9. The second-order valence-electron chi connectivity index (χ2n) is 15.3. The molecule has 46 heavy (non-hydrogen) atoms. The quantitative estimate of drug-likeness (QED) is 0.348. The molecule has 6 rings (SSSR count). The Morgan fingerprint density at radius 3 is 1.20 bits per heavy atom. The van der Waals surface area contributed by atoms with Gasteiger partial charge in [0, 0.05) is 0 Å². The van der Waals surface area contributed by atoms with E-state index in [2.05, 4.69) is 167 Å². The Morgan fingerprint density at radius 2 is 0.913 bits per heavy atom. The van der Waals surface area contributed by atoms with Crippen LogP contribution in [0.5, 0.6) is 0 Å². The number of allylic oxidation sites excluding steroid dienone is 8. The van der Waals surface area contributed by atoms with Gasteiger partial charge in [-0.1, -0.05) is 0 Å². The first-order chi connectivity index (χ1) is 20.6. The first kappa shape index (κ1) is 38.1. The molecule has 0 aromatic heterocycles. The summed E-state index contributed by atoms with van der Waals surface area (Å²) in [4.78, 5) is 3.08. The molecule has 2 aromatic carbocycles. The summed E-state index contributed by atoms with van der Waals surface area (Å²) in [7, 11) is 0. The van der Waals surface area contributed by atoms with Gasteiger partial charge in [-0.15, -0.1) is 0 Å². The van der Waals surface area contributed by atoms with Gasteiger partial charge in [-0.05, 0) is 0 Å². The molecule has 2 unspecified atom stereocenters. The molecule has 0 saturated heterocycles. The van der Waals surface area contributed by atoms with Gasteiger partial charge in [-0.25, -0.2) is 0 Å². The van der Waals surface area contributed by atoms with Crippen LogP contribution in [0.3, 0.4) is 0 Å². The van der Waals surface area contributed by atoms with Gasteiger partial charge in [0.05, 0.1) is 0 Å². The Balaban J connectivity index is 0.00000240. The summed E-state index contributed by atoms with van der Waals surface area (Å²) < 4.78 is 3.64. The van der Waals surface area contributed by atoms with Crippen LogP contribution in [0.1, 0.15) is 91.5 Å². The van der Waals surface area contributed by atoms with E-state index < -0.39 is 25.6 Å². The SMILES string of the molecule is CC1=[C]([Hf+2]([C]2=C(C)C=C3SC(C)C(c4ccc(C(C)(C)C)cc4)=C32)=[Si](C)C)C2=C(c3ccc(C(C)(C)C)cc3)C(C)SC2=C1.[Cl-].[Cl-]. The van der Waals surface area contributed by atoms with Crippen LogP contribution in [0.4, 0.5) is 0 Å². The average molecular weight is 870 g/mol. The summed E-state index contributed by atoms with van der Waals surface area (Å²) in [6.07, 6.45) is 5.12. The van der Waals surface area contributed by atoms with Crippen LogP contribution in [-0.2, 0) is 30.9 Å². The van der Waals surface area contributed by atoms with Crippen molar-refractivity contribution in [2.24, 2.45) is 0 Å². The third kappa shape index (κ3) is 6.71. The molecule has 0 saturated carbocycles. The van der Waals surface area contributed by atoms with Gasteiger partial charge in [-0.3, -0.25) is 0 Å². The standard InChI is InChI=1S/2C19H21S.C2H6Si.2ClH.Hf/c2*1-12-10-16-17(11-12)20-13(2)18(16)14-6-8-15(9-7-14)19(3,4)5;1-3-2;;;/h2*6-9,11,13H,1-5H3;1-2H3;2*1H;/q;;;;;+2/p-2. The van der Waals surface area contributed by atoms with Crippen molar-refractivity contribution >= 4 is 40.2 Å². The maximum atomic E-state index is 2.64. The molecule has 0 bridgehead atoms. The van der Waals surface area contributed by atoms with Crippen molar-refractivity contribution in [2.45, 2.75) is 104 Å². The molecular formula is C40H48Cl2HfS2Si. The van der Waals surface area contributed by atoms with E-state index in [0.29, 0.717) is 10.5 Å². The van der Waals surface area contributed by atoms with Crippen molar-refractivity contribution < 1.29 is 44.9 Å². The molecule has 2 atom stereocenters. The topological polar surface area (TPSA) is 0 Å². The molecule has 2 heterocycles. The van der Waals surface area contributed by atoms with E-state index in [9.17, 15) is 0 Å². The predicted molar refractivity (Wildman–Crippen MR) is 197 cm³/mol. The van der Waals surface area contributed by atoms with Crippen LogP contribution < -0.4 is 24.8 Å². The molecular weight excluding hydrogens is 822 g/mol. The van der Waals surface area contributed by atoms with Crippen LogP contribution in [0, 0.1) is 0 Å². The Bertz CT molecular complexity index is 1670. The molecule has 0 amide bonds. The summed E-state index contributed by atoms with van der Waals surface area (Å²) in [6.45, 7) is 28.9. The summed E-state index contributed by atoms with van der Waals surface area (Å²) >= 11 is 1.63. The third-order valence-corrected chi connectivity index (χ3v) is 36.0. The Labute approximate surface area is 307 Å². The number of fused-ring (bicyclic) bond motifs is 2. The van der Waals surface area contributed by atoms with Crippen molar-refractivity contribution in [1.29, 1.82) is 0 Å². The van der Waals surface area contributed by atoms with Crippen molar-refractivity contribution in [1.82, 2.24) is 0 Å². The summed E-state index contributed by atoms with van der Waals surface area (Å²) in [6, 6.07) is 19.2. The van der Waals surface area contributed by atoms with E-state index in [4.69, 9.17) is 0 Å². The number of rotatable bonds is 4. The van der Waals surface area contributed by atoms with Gasteiger partial charge in [-0.2, -0.15) is 0 Å². The minimum atomic E-state index is -2.56. The smallest absolute Gasteiger partial charge is 1.00 e. The molecule has 4 aliphatic rings.